The molecule has 2 rings (SSSR count). The predicted octanol–water partition coefficient (Wildman–Crippen LogP) is 3.20. The Balaban J connectivity index is 2.34. The molecule has 0 radical (unpaired) electrons. The molecule has 1 aromatic rings. The molecule has 2 atom stereocenters. The fraction of sp³-hybridized carbons (Fsp3) is 0.429. The zero-order valence-corrected chi connectivity index (χ0v) is 14.4. The number of hydrogen-bond donors (Lipinski definition) is 1. The highest BCUT2D eigenvalue weighted by molar-refractivity contribution is 14.1. The van der Waals surface area contributed by atoms with Gasteiger partial charge in [0.05, 0.1) is 10.9 Å². The van der Waals surface area contributed by atoms with Crippen LogP contribution in [-0.2, 0) is 4.79 Å². The average Bonchev–Trinajstić information content (AvgIpc) is 2.82. The topological polar surface area (TPSA) is 57.6 Å². The van der Waals surface area contributed by atoms with Gasteiger partial charge in [-0.25, -0.2) is 9.18 Å². The largest absolute Gasteiger partial charge is 0.480 e. The van der Waals surface area contributed by atoms with E-state index in [9.17, 15) is 19.1 Å². The maximum atomic E-state index is 13.2. The number of carbonyl (C=O) groups excluding carboxylic acids is 1. The van der Waals surface area contributed by atoms with Crippen LogP contribution < -0.4 is 0 Å². The molecule has 21 heavy (non-hydrogen) atoms. The molecule has 0 aromatic heterocycles. The van der Waals surface area contributed by atoms with Gasteiger partial charge in [0.25, 0.3) is 5.91 Å². The normalized spacial score (nSPS) is 21.6. The second-order valence-corrected chi connectivity index (χ2v) is 7.14. The molecular weight excluding hydrogens is 408 g/mol. The van der Waals surface area contributed by atoms with E-state index in [4.69, 9.17) is 0 Å². The van der Waals surface area contributed by atoms with Crippen molar-refractivity contribution in [3.8, 4) is 0 Å². The zero-order chi connectivity index (χ0) is 15.6. The number of amides is 1. The molecule has 2 unspecified atom stereocenters. The van der Waals surface area contributed by atoms with Crippen molar-refractivity contribution in [2.75, 3.05) is 5.75 Å². The van der Waals surface area contributed by atoms with Crippen molar-refractivity contribution in [1.29, 1.82) is 0 Å². The number of carboxylic acids is 1. The summed E-state index contributed by atoms with van der Waals surface area (Å²) in [6, 6.07) is 3.11. The van der Waals surface area contributed by atoms with Crippen LogP contribution >= 0.6 is 34.4 Å². The van der Waals surface area contributed by atoms with Gasteiger partial charge in [-0.1, -0.05) is 13.3 Å². The van der Waals surface area contributed by atoms with E-state index in [-0.39, 0.29) is 11.3 Å². The number of nitrogens with zero attached hydrogens (tertiary/aromatic N) is 1. The second-order valence-electron chi connectivity index (χ2n) is 4.77. The lowest BCUT2D eigenvalue weighted by atomic mass is 10.1. The fourth-order valence-electron chi connectivity index (χ4n) is 2.30. The van der Waals surface area contributed by atoms with E-state index in [0.29, 0.717) is 14.9 Å². The monoisotopic (exact) mass is 423 g/mol. The quantitative estimate of drug-likeness (QED) is 0.756. The molecule has 1 aliphatic heterocycles. The first-order valence-corrected chi connectivity index (χ1v) is 8.70. The van der Waals surface area contributed by atoms with Crippen molar-refractivity contribution >= 4 is 46.2 Å². The van der Waals surface area contributed by atoms with Gasteiger partial charge in [0.1, 0.15) is 11.9 Å². The van der Waals surface area contributed by atoms with Crippen LogP contribution in [0, 0.1) is 9.39 Å². The molecule has 1 amide bonds. The highest BCUT2D eigenvalue weighted by Gasteiger charge is 2.41. The van der Waals surface area contributed by atoms with Gasteiger partial charge < -0.3 is 10.0 Å². The first kappa shape index (κ1) is 16.5. The molecule has 7 heteroatoms. The second kappa shape index (κ2) is 6.95. The summed E-state index contributed by atoms with van der Waals surface area (Å²) in [7, 11) is 0. The molecule has 1 fully saturated rings. The van der Waals surface area contributed by atoms with Crippen molar-refractivity contribution in [1.82, 2.24) is 4.90 Å². The Morgan fingerprint density at radius 2 is 2.24 bits per heavy atom. The lowest BCUT2D eigenvalue weighted by Crippen LogP contribution is -2.45. The number of carbonyl (C=O) groups is 2. The third-order valence-electron chi connectivity index (χ3n) is 3.31. The van der Waals surface area contributed by atoms with Gasteiger partial charge in [-0.2, -0.15) is 0 Å². The highest BCUT2D eigenvalue weighted by Crippen LogP contribution is 2.34. The summed E-state index contributed by atoms with van der Waals surface area (Å²) < 4.78 is 13.7. The van der Waals surface area contributed by atoms with Crippen LogP contribution in [0.5, 0.6) is 0 Å². The molecule has 0 bridgehead atoms. The van der Waals surface area contributed by atoms with E-state index in [1.165, 1.54) is 34.9 Å². The summed E-state index contributed by atoms with van der Waals surface area (Å²) in [5.41, 5.74) is 0.354. The van der Waals surface area contributed by atoms with Crippen LogP contribution in [-0.4, -0.2) is 39.1 Å². The van der Waals surface area contributed by atoms with Gasteiger partial charge in [-0.3, -0.25) is 4.79 Å². The van der Waals surface area contributed by atoms with Gasteiger partial charge in [0.15, 0.2) is 0 Å². The molecule has 1 N–H and O–H groups in total. The van der Waals surface area contributed by atoms with E-state index in [1.54, 1.807) is 0 Å². The minimum absolute atomic E-state index is 0.135. The lowest BCUT2D eigenvalue weighted by Gasteiger charge is -2.27. The number of benzene rings is 1. The van der Waals surface area contributed by atoms with Crippen LogP contribution in [0.1, 0.15) is 30.1 Å². The van der Waals surface area contributed by atoms with Crippen LogP contribution in [0.25, 0.3) is 0 Å². The highest BCUT2D eigenvalue weighted by atomic mass is 127. The third-order valence-corrected chi connectivity index (χ3v) is 5.56. The SMILES string of the molecule is CCCC1SCC(C(=O)O)N1C(=O)c1ccc(F)cc1I. The number of thioether (sulfide) groups is 1. The van der Waals surface area contributed by atoms with E-state index < -0.39 is 17.8 Å². The Labute approximate surface area is 140 Å². The van der Waals surface area contributed by atoms with E-state index in [0.717, 1.165) is 12.8 Å². The maximum Gasteiger partial charge on any atom is 0.327 e. The van der Waals surface area contributed by atoms with Gasteiger partial charge in [0, 0.05) is 9.32 Å². The predicted molar refractivity (Wildman–Crippen MR) is 87.9 cm³/mol. The molecule has 0 spiro atoms. The van der Waals surface area contributed by atoms with Crippen molar-refractivity contribution in [3.05, 3.63) is 33.1 Å². The molecule has 0 saturated carbocycles. The van der Waals surface area contributed by atoms with Crippen molar-refractivity contribution in [3.63, 3.8) is 0 Å². The lowest BCUT2D eigenvalue weighted by molar-refractivity contribution is -0.141. The molecule has 1 heterocycles. The Hall–Kier alpha value is -0.830. The molecule has 1 saturated heterocycles. The summed E-state index contributed by atoms with van der Waals surface area (Å²) >= 11 is 3.39. The van der Waals surface area contributed by atoms with Gasteiger partial charge in [-0.15, -0.1) is 11.8 Å². The minimum atomic E-state index is -0.994. The van der Waals surface area contributed by atoms with Gasteiger partial charge >= 0.3 is 5.97 Å². The Kier molecular flexibility index (Phi) is 5.48. The maximum absolute atomic E-state index is 13.2. The van der Waals surface area contributed by atoms with Gasteiger partial charge in [0.2, 0.25) is 0 Å². The first-order chi connectivity index (χ1) is 9.95. The summed E-state index contributed by atoms with van der Waals surface area (Å²) in [4.78, 5) is 25.5. The fourth-order valence-corrected chi connectivity index (χ4v) is 4.52. The van der Waals surface area contributed by atoms with E-state index in [1.807, 2.05) is 29.5 Å². The van der Waals surface area contributed by atoms with Crippen molar-refractivity contribution < 1.29 is 19.1 Å². The smallest absolute Gasteiger partial charge is 0.327 e. The Morgan fingerprint density at radius 1 is 1.52 bits per heavy atom. The standard InChI is InChI=1S/C14H15FINO3S/c1-2-3-12-17(11(7-21-12)14(19)20)13(18)9-5-4-8(15)6-10(9)16/h4-6,11-12H,2-3,7H2,1H3,(H,19,20). The summed E-state index contributed by atoms with van der Waals surface area (Å²) in [5, 5.41) is 9.18. The number of hydrogen-bond acceptors (Lipinski definition) is 3. The van der Waals surface area contributed by atoms with Crippen LogP contribution in [0.4, 0.5) is 4.39 Å². The van der Waals surface area contributed by atoms with Crippen molar-refractivity contribution in [2.45, 2.75) is 31.2 Å². The van der Waals surface area contributed by atoms with Crippen LogP contribution in [0.3, 0.4) is 0 Å². The zero-order valence-electron chi connectivity index (χ0n) is 11.4. The molecule has 4 nitrogen and oxygen atoms in total. The summed E-state index contributed by atoms with van der Waals surface area (Å²) in [6.07, 6.45) is 1.62. The number of carboxylic acid groups (broad SMARTS) is 1. The van der Waals surface area contributed by atoms with Crippen LogP contribution in [0.15, 0.2) is 18.2 Å². The average molecular weight is 423 g/mol. The number of halogens is 2. The molecular formula is C14H15FINO3S. The number of rotatable bonds is 4. The molecule has 0 aliphatic carbocycles. The first-order valence-electron chi connectivity index (χ1n) is 6.57. The Morgan fingerprint density at radius 3 is 2.81 bits per heavy atom. The van der Waals surface area contributed by atoms with Gasteiger partial charge in [-0.05, 0) is 47.2 Å². The van der Waals surface area contributed by atoms with Crippen molar-refractivity contribution in [2.24, 2.45) is 0 Å². The van der Waals surface area contributed by atoms with E-state index >= 15 is 0 Å². The number of aliphatic carboxylic acids is 1. The molecule has 1 aliphatic rings. The third kappa shape index (κ3) is 3.50. The van der Waals surface area contributed by atoms with Crippen LogP contribution in [0.2, 0.25) is 0 Å². The minimum Gasteiger partial charge on any atom is -0.480 e. The summed E-state index contributed by atoms with van der Waals surface area (Å²) in [5.74, 6) is -1.35. The molecule has 1 aromatic carbocycles. The molecule has 114 valence electrons. The van der Waals surface area contributed by atoms with E-state index in [2.05, 4.69) is 0 Å². The summed E-state index contributed by atoms with van der Waals surface area (Å²) in [6.45, 7) is 2.00. The Bertz CT molecular complexity index is 569.